The number of amides is 1. The van der Waals surface area contributed by atoms with Crippen molar-refractivity contribution in [2.75, 3.05) is 13.7 Å². The van der Waals surface area contributed by atoms with E-state index < -0.39 is 17.7 Å². The fraction of sp³-hybridized carbons (Fsp3) is 0.333. The maximum absolute atomic E-state index is 12.9. The first-order chi connectivity index (χ1) is 14.1. The zero-order chi connectivity index (χ0) is 20.8. The molecule has 1 unspecified atom stereocenters. The summed E-state index contributed by atoms with van der Waals surface area (Å²) >= 11 is 0. The Morgan fingerprint density at radius 3 is 2.48 bits per heavy atom. The van der Waals surface area contributed by atoms with E-state index in [-0.39, 0.29) is 11.3 Å². The smallest absolute Gasteiger partial charge is 0.295 e. The lowest BCUT2D eigenvalue weighted by Gasteiger charge is -2.25. The van der Waals surface area contributed by atoms with E-state index in [0.717, 1.165) is 31.2 Å². The van der Waals surface area contributed by atoms with Crippen molar-refractivity contribution in [3.63, 3.8) is 0 Å². The Morgan fingerprint density at radius 2 is 1.79 bits per heavy atom. The highest BCUT2D eigenvalue weighted by molar-refractivity contribution is 6.46. The topological polar surface area (TPSA) is 66.8 Å². The molecule has 1 heterocycles. The summed E-state index contributed by atoms with van der Waals surface area (Å²) in [5.74, 6) is -0.715. The van der Waals surface area contributed by atoms with Crippen LogP contribution in [0.15, 0.2) is 60.2 Å². The highest BCUT2D eigenvalue weighted by Crippen LogP contribution is 2.40. The number of nitrogens with zero attached hydrogens (tertiary/aromatic N) is 1. The molecule has 1 atom stereocenters. The van der Waals surface area contributed by atoms with Crippen molar-refractivity contribution in [2.45, 2.75) is 38.6 Å². The number of benzene rings is 2. The molecule has 0 radical (unpaired) electrons. The molecule has 3 rings (SSSR count). The molecule has 0 bridgehead atoms. The van der Waals surface area contributed by atoms with Gasteiger partial charge in [-0.25, -0.2) is 0 Å². The Morgan fingerprint density at radius 1 is 1.03 bits per heavy atom. The number of carbonyl (C=O) groups excluding carboxylic acids is 2. The largest absolute Gasteiger partial charge is 0.507 e. The Kier molecular flexibility index (Phi) is 6.70. The third-order valence-corrected chi connectivity index (χ3v) is 5.25. The van der Waals surface area contributed by atoms with Crippen LogP contribution in [0.1, 0.15) is 49.8 Å². The number of ether oxygens (including phenoxy) is 1. The van der Waals surface area contributed by atoms with Crippen molar-refractivity contribution in [3.05, 3.63) is 71.3 Å². The maximum atomic E-state index is 12.9. The number of hydrogen-bond donors (Lipinski definition) is 1. The molecule has 1 fully saturated rings. The summed E-state index contributed by atoms with van der Waals surface area (Å²) in [5, 5.41) is 10.9. The second kappa shape index (κ2) is 9.41. The second-order valence-electron chi connectivity index (χ2n) is 7.20. The van der Waals surface area contributed by atoms with Crippen LogP contribution in [-0.2, 0) is 9.59 Å². The third-order valence-electron chi connectivity index (χ3n) is 5.25. The van der Waals surface area contributed by atoms with Gasteiger partial charge in [-0.3, -0.25) is 9.59 Å². The number of aliphatic hydroxyl groups is 1. The Bertz CT molecular complexity index is 904. The monoisotopic (exact) mass is 393 g/mol. The van der Waals surface area contributed by atoms with Gasteiger partial charge in [0, 0.05) is 12.1 Å². The number of likely N-dealkylation sites (tertiary alicyclic amines) is 1. The summed E-state index contributed by atoms with van der Waals surface area (Å²) < 4.78 is 5.33. The summed E-state index contributed by atoms with van der Waals surface area (Å²) in [4.78, 5) is 27.4. The van der Waals surface area contributed by atoms with E-state index in [1.165, 1.54) is 0 Å². The molecule has 152 valence electrons. The number of ketones is 1. The van der Waals surface area contributed by atoms with E-state index in [4.69, 9.17) is 4.74 Å². The molecule has 0 aliphatic carbocycles. The molecule has 1 aliphatic rings. The number of methoxy groups -OCH3 is 1. The zero-order valence-corrected chi connectivity index (χ0v) is 16.9. The molecule has 5 heteroatoms. The number of aliphatic hydroxyl groups excluding tert-OH is 1. The first-order valence-electron chi connectivity index (χ1n) is 10.1. The van der Waals surface area contributed by atoms with Crippen molar-refractivity contribution >= 4 is 17.4 Å². The first kappa shape index (κ1) is 20.6. The minimum atomic E-state index is -0.644. The van der Waals surface area contributed by atoms with Crippen LogP contribution in [0, 0.1) is 0 Å². The molecule has 2 aromatic carbocycles. The van der Waals surface area contributed by atoms with Gasteiger partial charge in [-0.2, -0.15) is 0 Å². The predicted octanol–water partition coefficient (Wildman–Crippen LogP) is 4.70. The van der Waals surface area contributed by atoms with Gasteiger partial charge in [0.1, 0.15) is 11.5 Å². The Labute approximate surface area is 171 Å². The van der Waals surface area contributed by atoms with Crippen molar-refractivity contribution in [2.24, 2.45) is 0 Å². The maximum Gasteiger partial charge on any atom is 0.295 e. The molecular formula is C24H27NO4. The van der Waals surface area contributed by atoms with Crippen LogP contribution in [-0.4, -0.2) is 35.4 Å². The Balaban J connectivity index is 2.07. The second-order valence-corrected chi connectivity index (χ2v) is 7.20. The summed E-state index contributed by atoms with van der Waals surface area (Å²) in [6.45, 7) is 2.60. The lowest BCUT2D eigenvalue weighted by atomic mass is 9.95. The molecule has 1 saturated heterocycles. The van der Waals surface area contributed by atoms with E-state index in [2.05, 4.69) is 6.92 Å². The van der Waals surface area contributed by atoms with Crippen LogP contribution in [0.25, 0.3) is 5.76 Å². The highest BCUT2D eigenvalue weighted by Gasteiger charge is 2.45. The Hall–Kier alpha value is -3.08. The zero-order valence-electron chi connectivity index (χ0n) is 16.9. The van der Waals surface area contributed by atoms with Crippen LogP contribution >= 0.6 is 0 Å². The summed E-state index contributed by atoms with van der Waals surface area (Å²) in [7, 11) is 1.57. The average molecular weight is 393 g/mol. The fourth-order valence-electron chi connectivity index (χ4n) is 3.73. The normalized spacial score (nSPS) is 18.3. The number of hydrogen-bond acceptors (Lipinski definition) is 4. The van der Waals surface area contributed by atoms with Crippen LogP contribution < -0.4 is 4.74 Å². The summed E-state index contributed by atoms with van der Waals surface area (Å²) in [6, 6.07) is 15.5. The average Bonchev–Trinajstić information content (AvgIpc) is 3.01. The number of carbonyl (C=O) groups is 2. The minimum Gasteiger partial charge on any atom is -0.507 e. The van der Waals surface area contributed by atoms with Crippen molar-refractivity contribution in [3.8, 4) is 5.75 Å². The van der Waals surface area contributed by atoms with Crippen molar-refractivity contribution in [1.29, 1.82) is 0 Å². The molecule has 1 aliphatic heterocycles. The van der Waals surface area contributed by atoms with Crippen LogP contribution in [0.5, 0.6) is 5.75 Å². The highest BCUT2D eigenvalue weighted by atomic mass is 16.5. The lowest BCUT2D eigenvalue weighted by Crippen LogP contribution is -2.30. The quantitative estimate of drug-likeness (QED) is 0.306. The van der Waals surface area contributed by atoms with Gasteiger partial charge in [-0.1, -0.05) is 68.7 Å². The number of Topliss-reactive ketones (excluding diaryl/α,β-unsaturated/α-hetero) is 1. The fourth-order valence-corrected chi connectivity index (χ4v) is 3.73. The number of rotatable bonds is 8. The minimum absolute atomic E-state index is 0.130. The van der Waals surface area contributed by atoms with E-state index in [1.807, 2.05) is 30.3 Å². The van der Waals surface area contributed by atoms with Crippen LogP contribution in [0.2, 0.25) is 0 Å². The molecule has 5 nitrogen and oxygen atoms in total. The third kappa shape index (κ3) is 4.34. The summed E-state index contributed by atoms with van der Waals surface area (Å²) in [5.41, 5.74) is 1.39. The van der Waals surface area contributed by atoms with Crippen molar-refractivity contribution in [1.82, 2.24) is 4.90 Å². The number of unbranched alkanes of at least 4 members (excludes halogenated alkanes) is 3. The lowest BCUT2D eigenvalue weighted by molar-refractivity contribution is -0.139. The van der Waals surface area contributed by atoms with Crippen molar-refractivity contribution < 1.29 is 19.4 Å². The molecule has 1 amide bonds. The molecule has 0 spiro atoms. The molecule has 2 aromatic rings. The molecule has 1 N–H and O–H groups in total. The van der Waals surface area contributed by atoms with Gasteiger partial charge < -0.3 is 14.7 Å². The van der Waals surface area contributed by atoms with E-state index >= 15 is 0 Å². The molecule has 0 saturated carbocycles. The van der Waals surface area contributed by atoms with Crippen LogP contribution in [0.3, 0.4) is 0 Å². The van der Waals surface area contributed by atoms with Gasteiger partial charge in [-0.05, 0) is 24.1 Å². The first-order valence-corrected chi connectivity index (χ1v) is 10.1. The predicted molar refractivity (Wildman–Crippen MR) is 113 cm³/mol. The van der Waals surface area contributed by atoms with Crippen LogP contribution in [0.4, 0.5) is 0 Å². The van der Waals surface area contributed by atoms with Gasteiger partial charge in [0.15, 0.2) is 0 Å². The standard InChI is InChI=1S/C24H27NO4/c1-3-4-5-9-15-25-21(18-13-10-14-19(16-18)29-2)20(23(27)24(25)28)22(26)17-11-7-6-8-12-17/h6-8,10-14,16,21,26H,3-5,9,15H2,1-2H3/b22-20+. The van der Waals surface area contributed by atoms with Gasteiger partial charge in [0.2, 0.25) is 0 Å². The molecule has 29 heavy (non-hydrogen) atoms. The molecular weight excluding hydrogens is 366 g/mol. The van der Waals surface area contributed by atoms with Gasteiger partial charge in [-0.15, -0.1) is 0 Å². The van der Waals surface area contributed by atoms with Gasteiger partial charge in [0.05, 0.1) is 18.7 Å². The summed E-state index contributed by atoms with van der Waals surface area (Å²) in [6.07, 6.45) is 3.97. The van der Waals surface area contributed by atoms with Gasteiger partial charge >= 0.3 is 0 Å². The molecule has 0 aromatic heterocycles. The van der Waals surface area contributed by atoms with Gasteiger partial charge in [0.25, 0.3) is 11.7 Å². The van der Waals surface area contributed by atoms with E-state index in [0.29, 0.717) is 17.9 Å². The SMILES string of the molecule is CCCCCCN1C(=O)C(=O)/C(=C(/O)c2ccccc2)C1c1cccc(OC)c1. The van der Waals surface area contributed by atoms with E-state index in [9.17, 15) is 14.7 Å². The van der Waals surface area contributed by atoms with E-state index in [1.54, 1.807) is 36.3 Å².